The van der Waals surface area contributed by atoms with Crippen LogP contribution in [0, 0.1) is 0 Å². The van der Waals surface area contributed by atoms with Crippen molar-refractivity contribution in [1.29, 1.82) is 0 Å². The van der Waals surface area contributed by atoms with Crippen molar-refractivity contribution in [2.45, 2.75) is 83.1 Å². The molecule has 0 saturated carbocycles. The van der Waals surface area contributed by atoms with Crippen LogP contribution in [0.25, 0.3) is 21.5 Å². The predicted octanol–water partition coefficient (Wildman–Crippen LogP) is 13.5. The Morgan fingerprint density at radius 3 is 0.395 bits per heavy atom. The highest BCUT2D eigenvalue weighted by Gasteiger charge is 1.86. The largest absolute Gasteiger partial charge is 0.0683 e. The molecule has 0 heterocycles. The van der Waals surface area contributed by atoms with Gasteiger partial charge in [-0.3, -0.25) is 0 Å². The lowest BCUT2D eigenvalue weighted by molar-refractivity contribution is 1.50. The van der Waals surface area contributed by atoms with Crippen molar-refractivity contribution in [3.8, 4) is 0 Å². The molecule has 0 unspecified atom stereocenters. The van der Waals surface area contributed by atoms with Gasteiger partial charge in [0.05, 0.1) is 0 Å². The second kappa shape index (κ2) is 38.2. The molecule has 5 rings (SSSR count). The van der Waals surface area contributed by atoms with Gasteiger partial charge in [0.15, 0.2) is 0 Å². The first-order valence-electron chi connectivity index (χ1n) is 14.8. The van der Waals surface area contributed by atoms with Gasteiger partial charge in [-0.05, 0) is 21.5 Å². The summed E-state index contributed by atoms with van der Waals surface area (Å²) in [6, 6.07) is 45.4. The molecule has 0 aliphatic carbocycles. The molecule has 0 saturated heterocycles. The van der Waals surface area contributed by atoms with E-state index in [1.54, 1.807) is 0 Å². The molecule has 0 aliphatic heterocycles. The molecule has 0 nitrogen and oxygen atoms in total. The van der Waals surface area contributed by atoms with Crippen LogP contribution in [0.3, 0.4) is 0 Å². The molecule has 0 aromatic heterocycles. The average Bonchev–Trinajstić information content (AvgIpc) is 3.08. The molecule has 5 aromatic rings. The van der Waals surface area contributed by atoms with E-state index in [9.17, 15) is 0 Å². The van der Waals surface area contributed by atoms with Gasteiger partial charge >= 0.3 is 0 Å². The van der Waals surface area contributed by atoms with Crippen LogP contribution in [-0.2, 0) is 0 Å². The van der Waals surface area contributed by atoms with Crippen LogP contribution in [-0.4, -0.2) is 0 Å². The van der Waals surface area contributed by atoms with Gasteiger partial charge < -0.3 is 0 Å². The number of hydrogen-bond donors (Lipinski definition) is 0. The number of rotatable bonds is 0. The fourth-order valence-electron chi connectivity index (χ4n) is 2.65. The maximum atomic E-state index is 2.12. The number of fused-ring (bicyclic) bond motifs is 2. The van der Waals surface area contributed by atoms with Crippen LogP contribution < -0.4 is 0 Å². The Morgan fingerprint density at radius 1 is 0.184 bits per heavy atom. The minimum Gasteiger partial charge on any atom is -0.0683 e. The van der Waals surface area contributed by atoms with Gasteiger partial charge in [-0.25, -0.2) is 0 Å². The highest BCUT2D eigenvalue weighted by Crippen LogP contribution is 2.12. The predicted molar refractivity (Wildman–Crippen MR) is 182 cm³/mol. The Kier molecular flexibility index (Phi) is 41.9. The van der Waals surface area contributed by atoms with Crippen LogP contribution in [0.5, 0.6) is 0 Å². The van der Waals surface area contributed by atoms with Crippen molar-refractivity contribution < 1.29 is 0 Å². The minimum absolute atomic E-state index is 1.31. The molecule has 0 aliphatic rings. The van der Waals surface area contributed by atoms with Crippen LogP contribution in [0.2, 0.25) is 0 Å². The Morgan fingerprint density at radius 2 is 0.289 bits per heavy atom. The molecule has 0 fully saturated rings. The molecule has 0 radical (unpaired) electrons. The summed E-state index contributed by atoms with van der Waals surface area (Å²) < 4.78 is 0. The zero-order valence-corrected chi connectivity index (χ0v) is 26.7. The van der Waals surface area contributed by atoms with E-state index in [-0.39, 0.29) is 0 Å². The Hall–Kier alpha value is -3.38. The second-order valence-electron chi connectivity index (χ2n) is 5.85. The Labute approximate surface area is 237 Å². The number of benzene rings is 5. The standard InChI is InChI=1S/2C10H8.C6H6.6C2H6/c2*1-2-6-10-8-4-3-7-9(10)5-1;1-2-4-6-5-3-1;6*1-2/h2*1-8H;1-6H;6*1-2H3. The van der Waals surface area contributed by atoms with E-state index in [1.807, 2.05) is 119 Å². The summed E-state index contributed by atoms with van der Waals surface area (Å²) >= 11 is 0. The molecule has 5 aromatic carbocycles. The lowest BCUT2D eigenvalue weighted by atomic mass is 10.1. The van der Waals surface area contributed by atoms with E-state index in [1.165, 1.54) is 21.5 Å². The van der Waals surface area contributed by atoms with E-state index in [4.69, 9.17) is 0 Å². The zero-order chi connectivity index (χ0) is 29.9. The molecule has 0 atom stereocenters. The molecular weight excluding hydrogens is 456 g/mol. The number of hydrogen-bond acceptors (Lipinski definition) is 0. The molecule has 38 heavy (non-hydrogen) atoms. The summed E-state index contributed by atoms with van der Waals surface area (Å²) in [6.45, 7) is 24.0. The fraction of sp³-hybridized carbons (Fsp3) is 0.316. The Balaban J connectivity index is -0.000000194. The molecule has 0 amide bonds. The summed E-state index contributed by atoms with van der Waals surface area (Å²) in [7, 11) is 0. The van der Waals surface area contributed by atoms with Crippen molar-refractivity contribution in [1.82, 2.24) is 0 Å². The van der Waals surface area contributed by atoms with Gasteiger partial charge in [0.1, 0.15) is 0 Å². The zero-order valence-electron chi connectivity index (χ0n) is 26.7. The quantitative estimate of drug-likeness (QED) is 0.193. The van der Waals surface area contributed by atoms with Crippen LogP contribution >= 0.6 is 0 Å². The van der Waals surface area contributed by atoms with Crippen molar-refractivity contribution in [2.24, 2.45) is 0 Å². The summed E-state index contributed by atoms with van der Waals surface area (Å²) in [6.07, 6.45) is 0. The average molecular weight is 515 g/mol. The van der Waals surface area contributed by atoms with Gasteiger partial charge in [0.25, 0.3) is 0 Å². The summed E-state index contributed by atoms with van der Waals surface area (Å²) in [4.78, 5) is 0. The summed E-state index contributed by atoms with van der Waals surface area (Å²) in [5.41, 5.74) is 0. The monoisotopic (exact) mass is 514 g/mol. The first-order chi connectivity index (χ1) is 18.9. The molecular formula is C38H58. The molecule has 0 heteroatoms. The van der Waals surface area contributed by atoms with E-state index in [0.29, 0.717) is 0 Å². The fourth-order valence-corrected chi connectivity index (χ4v) is 2.65. The molecule has 0 bridgehead atoms. The van der Waals surface area contributed by atoms with Crippen molar-refractivity contribution in [3.63, 3.8) is 0 Å². The van der Waals surface area contributed by atoms with Crippen molar-refractivity contribution in [2.75, 3.05) is 0 Å². The first kappa shape index (κ1) is 41.7. The topological polar surface area (TPSA) is 0 Å². The molecule has 0 N–H and O–H groups in total. The van der Waals surface area contributed by atoms with Crippen molar-refractivity contribution in [3.05, 3.63) is 133 Å². The van der Waals surface area contributed by atoms with Crippen LogP contribution in [0.1, 0.15) is 83.1 Å². The maximum absolute atomic E-state index is 2.12. The highest BCUT2D eigenvalue weighted by molar-refractivity contribution is 5.82. The van der Waals surface area contributed by atoms with Gasteiger partial charge in [0, 0.05) is 0 Å². The van der Waals surface area contributed by atoms with Gasteiger partial charge in [-0.2, -0.15) is 0 Å². The first-order valence-corrected chi connectivity index (χ1v) is 14.8. The van der Waals surface area contributed by atoms with E-state index >= 15 is 0 Å². The third-order valence-corrected chi connectivity index (χ3v) is 3.98. The summed E-state index contributed by atoms with van der Waals surface area (Å²) in [5.74, 6) is 0. The molecule has 0 spiro atoms. The van der Waals surface area contributed by atoms with Gasteiger partial charge in [-0.15, -0.1) is 0 Å². The normalized spacial score (nSPS) is 7.47. The Bertz CT molecular complexity index is 804. The van der Waals surface area contributed by atoms with Crippen LogP contribution in [0.15, 0.2) is 133 Å². The van der Waals surface area contributed by atoms with E-state index < -0.39 is 0 Å². The highest BCUT2D eigenvalue weighted by atomic mass is 13.9. The molecule has 210 valence electrons. The summed E-state index contributed by atoms with van der Waals surface area (Å²) in [5, 5.41) is 5.24. The SMILES string of the molecule is CC.CC.CC.CC.CC.CC.c1ccc2ccccc2c1.c1ccc2ccccc2c1.c1ccccc1. The lowest BCUT2D eigenvalue weighted by Crippen LogP contribution is -1.67. The third-order valence-electron chi connectivity index (χ3n) is 3.98. The smallest absolute Gasteiger partial charge is 0.0184 e. The van der Waals surface area contributed by atoms with Gasteiger partial charge in [0.2, 0.25) is 0 Å². The second-order valence-corrected chi connectivity index (χ2v) is 5.85. The van der Waals surface area contributed by atoms with Crippen LogP contribution in [0.4, 0.5) is 0 Å². The van der Waals surface area contributed by atoms with Crippen molar-refractivity contribution >= 4 is 21.5 Å². The minimum atomic E-state index is 1.31. The maximum Gasteiger partial charge on any atom is -0.0184 e. The van der Waals surface area contributed by atoms with E-state index in [0.717, 1.165) is 0 Å². The van der Waals surface area contributed by atoms with E-state index in [2.05, 4.69) is 97.1 Å². The lowest BCUT2D eigenvalue weighted by Gasteiger charge is -1.92. The third kappa shape index (κ3) is 21.9. The van der Waals surface area contributed by atoms with Gasteiger partial charge in [-0.1, -0.05) is 217 Å².